The summed E-state index contributed by atoms with van der Waals surface area (Å²) in [5.74, 6) is 0.782. The highest BCUT2D eigenvalue weighted by Crippen LogP contribution is 2.27. The first kappa shape index (κ1) is 7.07. The first-order valence-corrected chi connectivity index (χ1v) is 3.89. The van der Waals surface area contributed by atoms with Gasteiger partial charge >= 0.3 is 0 Å². The highest BCUT2D eigenvalue weighted by molar-refractivity contribution is 4.75. The zero-order valence-electron chi connectivity index (χ0n) is 6.55. The normalized spacial score (nSPS) is 43.7. The van der Waals surface area contributed by atoms with E-state index in [0.717, 1.165) is 5.92 Å². The smallest absolute Gasteiger partial charge is 0.0602 e. The van der Waals surface area contributed by atoms with Crippen LogP contribution < -0.4 is 0 Å². The number of hydrogen-bond acceptors (Lipinski definition) is 1. The Morgan fingerprint density at radius 3 is 2.33 bits per heavy atom. The molecule has 0 spiro atoms. The molecule has 1 nitrogen and oxygen atoms in total. The summed E-state index contributed by atoms with van der Waals surface area (Å²) < 4.78 is 5.62. The van der Waals surface area contributed by atoms with Crippen molar-refractivity contribution in [2.24, 2.45) is 5.92 Å². The first-order valence-electron chi connectivity index (χ1n) is 3.89. The van der Waals surface area contributed by atoms with Crippen molar-refractivity contribution in [1.29, 1.82) is 0 Å². The van der Waals surface area contributed by atoms with Crippen molar-refractivity contribution in [2.75, 3.05) is 0 Å². The van der Waals surface area contributed by atoms with Gasteiger partial charge in [0.15, 0.2) is 0 Å². The fourth-order valence-corrected chi connectivity index (χ4v) is 1.66. The molecule has 0 radical (unpaired) electrons. The molecular formula is C8H16O. The summed E-state index contributed by atoms with van der Waals surface area (Å²) in [4.78, 5) is 0. The molecule has 54 valence electrons. The van der Waals surface area contributed by atoms with Crippen LogP contribution >= 0.6 is 0 Å². The minimum atomic E-state index is 0.505. The molecule has 1 fully saturated rings. The molecule has 0 aliphatic carbocycles. The Bertz CT molecular complexity index is 90.6. The van der Waals surface area contributed by atoms with Gasteiger partial charge < -0.3 is 4.74 Å². The van der Waals surface area contributed by atoms with Crippen molar-refractivity contribution in [3.63, 3.8) is 0 Å². The molecule has 1 heteroatoms. The van der Waals surface area contributed by atoms with Gasteiger partial charge in [-0.25, -0.2) is 0 Å². The van der Waals surface area contributed by atoms with Gasteiger partial charge in [0.1, 0.15) is 0 Å². The largest absolute Gasteiger partial charge is 0.375 e. The molecule has 0 bridgehead atoms. The molecule has 1 rings (SSSR count). The molecule has 1 aliphatic rings. The number of hydrogen-bond donors (Lipinski definition) is 0. The minimum Gasteiger partial charge on any atom is -0.375 e. The lowest BCUT2D eigenvalue weighted by Gasteiger charge is -2.10. The van der Waals surface area contributed by atoms with E-state index in [1.165, 1.54) is 12.8 Å². The molecule has 0 aromatic heterocycles. The molecule has 0 aromatic carbocycles. The summed E-state index contributed by atoms with van der Waals surface area (Å²) in [6.45, 7) is 6.63. The molecule has 9 heavy (non-hydrogen) atoms. The predicted molar refractivity (Wildman–Crippen MR) is 38.4 cm³/mol. The second-order valence-corrected chi connectivity index (χ2v) is 3.11. The van der Waals surface area contributed by atoms with Crippen LogP contribution in [0.1, 0.15) is 33.6 Å². The highest BCUT2D eigenvalue weighted by atomic mass is 16.5. The lowest BCUT2D eigenvalue weighted by molar-refractivity contribution is 0.0438. The van der Waals surface area contributed by atoms with E-state index < -0.39 is 0 Å². The third kappa shape index (κ3) is 1.45. The molecule has 3 atom stereocenters. The second kappa shape index (κ2) is 2.70. The van der Waals surface area contributed by atoms with Crippen LogP contribution in [0.15, 0.2) is 0 Å². The average Bonchev–Trinajstić information content (AvgIpc) is 2.10. The van der Waals surface area contributed by atoms with Crippen LogP contribution in [0.5, 0.6) is 0 Å². The molecule has 1 aliphatic heterocycles. The zero-order chi connectivity index (χ0) is 6.85. The van der Waals surface area contributed by atoms with Gasteiger partial charge in [-0.3, -0.25) is 0 Å². The van der Waals surface area contributed by atoms with E-state index in [1.807, 2.05) is 0 Å². The van der Waals surface area contributed by atoms with Crippen LogP contribution in [0.2, 0.25) is 0 Å². The molecule has 0 aromatic rings. The van der Waals surface area contributed by atoms with E-state index in [2.05, 4.69) is 20.8 Å². The molecule has 0 saturated carbocycles. The van der Waals surface area contributed by atoms with E-state index in [4.69, 9.17) is 4.74 Å². The standard InChI is InChI=1S/C8H16O/c1-4-8-6(2)5-7(3)9-8/h6-8H,4-5H2,1-3H3/t6?,7-,8+/m0/s1. The van der Waals surface area contributed by atoms with Crippen molar-refractivity contribution >= 4 is 0 Å². The predicted octanol–water partition coefficient (Wildman–Crippen LogP) is 2.21. The first-order chi connectivity index (χ1) is 4.24. The maximum atomic E-state index is 5.62. The van der Waals surface area contributed by atoms with Crippen molar-refractivity contribution in [1.82, 2.24) is 0 Å². The van der Waals surface area contributed by atoms with E-state index in [-0.39, 0.29) is 0 Å². The fourth-order valence-electron chi connectivity index (χ4n) is 1.66. The van der Waals surface area contributed by atoms with Crippen LogP contribution in [-0.4, -0.2) is 12.2 Å². The summed E-state index contributed by atoms with van der Waals surface area (Å²) in [6, 6.07) is 0. The number of ether oxygens (including phenoxy) is 1. The second-order valence-electron chi connectivity index (χ2n) is 3.11. The maximum absolute atomic E-state index is 5.62. The molecular weight excluding hydrogens is 112 g/mol. The van der Waals surface area contributed by atoms with E-state index in [0.29, 0.717) is 12.2 Å². The Balaban J connectivity index is 2.38. The van der Waals surface area contributed by atoms with E-state index in [1.54, 1.807) is 0 Å². The van der Waals surface area contributed by atoms with Crippen molar-refractivity contribution < 1.29 is 4.74 Å². The monoisotopic (exact) mass is 128 g/mol. The van der Waals surface area contributed by atoms with Crippen molar-refractivity contribution in [3.05, 3.63) is 0 Å². The van der Waals surface area contributed by atoms with Gasteiger partial charge in [0.25, 0.3) is 0 Å². The number of rotatable bonds is 1. The van der Waals surface area contributed by atoms with Crippen LogP contribution in [0.4, 0.5) is 0 Å². The van der Waals surface area contributed by atoms with Crippen molar-refractivity contribution in [3.8, 4) is 0 Å². The molecule has 0 N–H and O–H groups in total. The molecule has 1 unspecified atom stereocenters. The third-order valence-electron chi connectivity index (χ3n) is 2.15. The Morgan fingerprint density at radius 2 is 2.11 bits per heavy atom. The Hall–Kier alpha value is -0.0400. The van der Waals surface area contributed by atoms with Crippen LogP contribution in [0.25, 0.3) is 0 Å². The van der Waals surface area contributed by atoms with Crippen molar-refractivity contribution in [2.45, 2.75) is 45.8 Å². The molecule has 0 amide bonds. The third-order valence-corrected chi connectivity index (χ3v) is 2.15. The minimum absolute atomic E-state index is 0.505. The Labute approximate surface area is 57.4 Å². The molecule has 1 saturated heterocycles. The summed E-state index contributed by atoms with van der Waals surface area (Å²) in [6.07, 6.45) is 3.47. The van der Waals surface area contributed by atoms with Gasteiger partial charge in [0.2, 0.25) is 0 Å². The summed E-state index contributed by atoms with van der Waals surface area (Å²) in [5, 5.41) is 0. The topological polar surface area (TPSA) is 9.23 Å². The lowest BCUT2D eigenvalue weighted by atomic mass is 10.0. The van der Waals surface area contributed by atoms with Gasteiger partial charge in [-0.15, -0.1) is 0 Å². The van der Waals surface area contributed by atoms with Crippen LogP contribution in [0.3, 0.4) is 0 Å². The average molecular weight is 128 g/mol. The SMILES string of the molecule is CC[C@H]1O[C@@H](C)CC1C. The Morgan fingerprint density at radius 1 is 1.44 bits per heavy atom. The van der Waals surface area contributed by atoms with E-state index >= 15 is 0 Å². The van der Waals surface area contributed by atoms with Gasteiger partial charge in [-0.1, -0.05) is 13.8 Å². The zero-order valence-corrected chi connectivity index (χ0v) is 6.55. The van der Waals surface area contributed by atoms with Gasteiger partial charge in [-0.2, -0.15) is 0 Å². The highest BCUT2D eigenvalue weighted by Gasteiger charge is 2.27. The summed E-state index contributed by atoms with van der Waals surface area (Å²) in [5.41, 5.74) is 0. The lowest BCUT2D eigenvalue weighted by Crippen LogP contribution is -2.11. The quantitative estimate of drug-likeness (QED) is 0.526. The summed E-state index contributed by atoms with van der Waals surface area (Å²) in [7, 11) is 0. The maximum Gasteiger partial charge on any atom is 0.0602 e. The van der Waals surface area contributed by atoms with Gasteiger partial charge in [-0.05, 0) is 25.7 Å². The van der Waals surface area contributed by atoms with Gasteiger partial charge in [0, 0.05) is 0 Å². The Kier molecular flexibility index (Phi) is 2.12. The van der Waals surface area contributed by atoms with Crippen LogP contribution in [-0.2, 0) is 4.74 Å². The summed E-state index contributed by atoms with van der Waals surface area (Å²) >= 11 is 0. The fraction of sp³-hybridized carbons (Fsp3) is 1.00. The van der Waals surface area contributed by atoms with Gasteiger partial charge in [0.05, 0.1) is 12.2 Å². The molecule has 1 heterocycles. The van der Waals surface area contributed by atoms with Crippen LogP contribution in [0, 0.1) is 5.92 Å². The van der Waals surface area contributed by atoms with E-state index in [9.17, 15) is 0 Å².